The predicted molar refractivity (Wildman–Crippen MR) is 80.8 cm³/mol. The third-order valence-electron chi connectivity index (χ3n) is 5.54. The molecule has 0 atom stereocenters. The van der Waals surface area contributed by atoms with Crippen molar-refractivity contribution in [1.82, 2.24) is 0 Å². The Kier molecular flexibility index (Phi) is 5.79. The first-order valence-electron chi connectivity index (χ1n) is 8.46. The number of allylic oxidation sites excluding steroid dienone is 1. The van der Waals surface area contributed by atoms with E-state index in [1.165, 1.54) is 89.9 Å². The van der Waals surface area contributed by atoms with Gasteiger partial charge in [0.1, 0.15) is 0 Å². The molecule has 18 heavy (non-hydrogen) atoms. The highest BCUT2D eigenvalue weighted by Gasteiger charge is 2.30. The summed E-state index contributed by atoms with van der Waals surface area (Å²) in [6.45, 7) is 4.00. The van der Waals surface area contributed by atoms with E-state index < -0.39 is 0 Å². The standard InChI is InChI=1S/C18H32/c1-2-13-18(14-7-4-8-15-18)16-9-12-17-10-5-3-6-11-17/h2,17H,1,3-16H2. The highest BCUT2D eigenvalue weighted by molar-refractivity contribution is 4.89. The van der Waals surface area contributed by atoms with Crippen molar-refractivity contribution in [2.24, 2.45) is 11.3 Å². The fourth-order valence-electron chi connectivity index (χ4n) is 4.41. The van der Waals surface area contributed by atoms with E-state index in [4.69, 9.17) is 0 Å². The van der Waals surface area contributed by atoms with Crippen LogP contribution in [0, 0.1) is 11.3 Å². The lowest BCUT2D eigenvalue weighted by Gasteiger charge is -2.37. The van der Waals surface area contributed by atoms with Crippen LogP contribution in [0.15, 0.2) is 12.7 Å². The second kappa shape index (κ2) is 7.36. The van der Waals surface area contributed by atoms with E-state index in [9.17, 15) is 0 Å². The number of hydrogen-bond donors (Lipinski definition) is 0. The van der Waals surface area contributed by atoms with Crippen LogP contribution in [0.3, 0.4) is 0 Å². The van der Waals surface area contributed by atoms with Crippen LogP contribution in [-0.2, 0) is 0 Å². The summed E-state index contributed by atoms with van der Waals surface area (Å²) < 4.78 is 0. The van der Waals surface area contributed by atoms with Gasteiger partial charge in [-0.3, -0.25) is 0 Å². The smallest absolute Gasteiger partial charge is 0.0263 e. The fraction of sp³-hybridized carbons (Fsp3) is 0.889. The molecule has 2 aliphatic carbocycles. The number of rotatable bonds is 6. The van der Waals surface area contributed by atoms with Gasteiger partial charge < -0.3 is 0 Å². The zero-order valence-electron chi connectivity index (χ0n) is 12.3. The molecule has 2 aliphatic rings. The molecule has 104 valence electrons. The summed E-state index contributed by atoms with van der Waals surface area (Å²) in [6, 6.07) is 0. The summed E-state index contributed by atoms with van der Waals surface area (Å²) in [7, 11) is 0. The highest BCUT2D eigenvalue weighted by Crippen LogP contribution is 2.44. The average molecular weight is 248 g/mol. The predicted octanol–water partition coefficient (Wildman–Crippen LogP) is 6.26. The van der Waals surface area contributed by atoms with Gasteiger partial charge >= 0.3 is 0 Å². The van der Waals surface area contributed by atoms with Gasteiger partial charge in [-0.2, -0.15) is 0 Å². The molecule has 2 rings (SSSR count). The molecule has 0 nitrogen and oxygen atoms in total. The minimum atomic E-state index is 0.661. The van der Waals surface area contributed by atoms with Crippen LogP contribution < -0.4 is 0 Å². The van der Waals surface area contributed by atoms with Crippen LogP contribution in [0.4, 0.5) is 0 Å². The van der Waals surface area contributed by atoms with Crippen LogP contribution in [0.2, 0.25) is 0 Å². The van der Waals surface area contributed by atoms with Crippen molar-refractivity contribution in [3.8, 4) is 0 Å². The van der Waals surface area contributed by atoms with Crippen molar-refractivity contribution in [1.29, 1.82) is 0 Å². The quantitative estimate of drug-likeness (QED) is 0.486. The van der Waals surface area contributed by atoms with Gasteiger partial charge in [-0.15, -0.1) is 6.58 Å². The summed E-state index contributed by atoms with van der Waals surface area (Å²) in [5.74, 6) is 1.07. The van der Waals surface area contributed by atoms with Gasteiger partial charge in [-0.1, -0.05) is 70.3 Å². The summed E-state index contributed by atoms with van der Waals surface area (Å²) in [5, 5.41) is 0. The molecule has 0 amide bonds. The Balaban J connectivity index is 1.72. The third kappa shape index (κ3) is 4.14. The maximum absolute atomic E-state index is 4.00. The first-order chi connectivity index (χ1) is 8.85. The third-order valence-corrected chi connectivity index (χ3v) is 5.54. The SMILES string of the molecule is C=CCC1(CCCC2CCCCC2)CCCCC1. The second-order valence-electron chi connectivity index (χ2n) is 6.95. The zero-order chi connectivity index (χ0) is 12.7. The molecule has 0 bridgehead atoms. The first kappa shape index (κ1) is 14.2. The molecule has 0 unspecified atom stereocenters. The first-order valence-corrected chi connectivity index (χ1v) is 8.46. The minimum absolute atomic E-state index is 0.661. The van der Waals surface area contributed by atoms with E-state index in [-0.39, 0.29) is 0 Å². The Bertz CT molecular complexity index is 228. The zero-order valence-corrected chi connectivity index (χ0v) is 12.3. The lowest BCUT2D eigenvalue weighted by atomic mass is 9.68. The Morgan fingerprint density at radius 3 is 2.28 bits per heavy atom. The van der Waals surface area contributed by atoms with Crippen molar-refractivity contribution >= 4 is 0 Å². The van der Waals surface area contributed by atoms with Gasteiger partial charge in [0.15, 0.2) is 0 Å². The second-order valence-corrected chi connectivity index (χ2v) is 6.95. The molecule has 0 aromatic rings. The van der Waals surface area contributed by atoms with Gasteiger partial charge in [0.05, 0.1) is 0 Å². The van der Waals surface area contributed by atoms with Gasteiger partial charge in [-0.25, -0.2) is 0 Å². The Morgan fingerprint density at radius 2 is 1.61 bits per heavy atom. The Hall–Kier alpha value is -0.260. The lowest BCUT2D eigenvalue weighted by molar-refractivity contribution is 0.164. The molecule has 0 radical (unpaired) electrons. The van der Waals surface area contributed by atoms with E-state index in [2.05, 4.69) is 12.7 Å². The summed E-state index contributed by atoms with van der Waals surface area (Å²) in [6.07, 6.45) is 22.9. The van der Waals surface area contributed by atoms with E-state index in [1.54, 1.807) is 0 Å². The normalized spacial score (nSPS) is 24.9. The van der Waals surface area contributed by atoms with Crippen LogP contribution >= 0.6 is 0 Å². The average Bonchev–Trinajstić information content (AvgIpc) is 2.41. The topological polar surface area (TPSA) is 0 Å². The van der Waals surface area contributed by atoms with Gasteiger partial charge in [-0.05, 0) is 37.0 Å². The molecule has 0 saturated heterocycles. The van der Waals surface area contributed by atoms with Crippen molar-refractivity contribution in [3.63, 3.8) is 0 Å². The van der Waals surface area contributed by atoms with E-state index in [0.717, 1.165) is 5.92 Å². The number of hydrogen-bond acceptors (Lipinski definition) is 0. The van der Waals surface area contributed by atoms with Crippen LogP contribution in [0.1, 0.15) is 89.9 Å². The van der Waals surface area contributed by atoms with Crippen molar-refractivity contribution in [2.45, 2.75) is 89.9 Å². The van der Waals surface area contributed by atoms with Crippen LogP contribution in [-0.4, -0.2) is 0 Å². The molecular formula is C18H32. The van der Waals surface area contributed by atoms with Crippen LogP contribution in [0.25, 0.3) is 0 Å². The summed E-state index contributed by atoms with van der Waals surface area (Å²) in [4.78, 5) is 0. The van der Waals surface area contributed by atoms with Gasteiger partial charge in [0, 0.05) is 0 Å². The van der Waals surface area contributed by atoms with Crippen molar-refractivity contribution in [2.75, 3.05) is 0 Å². The largest absolute Gasteiger partial charge is 0.103 e. The molecule has 2 fully saturated rings. The monoisotopic (exact) mass is 248 g/mol. The molecule has 0 aromatic heterocycles. The van der Waals surface area contributed by atoms with E-state index >= 15 is 0 Å². The summed E-state index contributed by atoms with van der Waals surface area (Å²) in [5.41, 5.74) is 0.661. The molecule has 0 aromatic carbocycles. The van der Waals surface area contributed by atoms with E-state index in [0.29, 0.717) is 5.41 Å². The molecule has 0 heterocycles. The van der Waals surface area contributed by atoms with Crippen molar-refractivity contribution in [3.05, 3.63) is 12.7 Å². The molecule has 0 N–H and O–H groups in total. The van der Waals surface area contributed by atoms with E-state index in [1.807, 2.05) is 0 Å². The molecule has 2 saturated carbocycles. The van der Waals surface area contributed by atoms with Crippen LogP contribution in [0.5, 0.6) is 0 Å². The molecule has 0 aliphatic heterocycles. The van der Waals surface area contributed by atoms with Crippen molar-refractivity contribution < 1.29 is 0 Å². The highest BCUT2D eigenvalue weighted by atomic mass is 14.4. The Morgan fingerprint density at radius 1 is 0.944 bits per heavy atom. The molecule has 0 heteroatoms. The molecular weight excluding hydrogens is 216 g/mol. The molecule has 0 spiro atoms. The summed E-state index contributed by atoms with van der Waals surface area (Å²) >= 11 is 0. The fourth-order valence-corrected chi connectivity index (χ4v) is 4.41. The lowest BCUT2D eigenvalue weighted by Crippen LogP contribution is -2.23. The van der Waals surface area contributed by atoms with Gasteiger partial charge in [0.2, 0.25) is 0 Å². The maximum Gasteiger partial charge on any atom is -0.0263 e. The Labute approximate surface area is 114 Å². The minimum Gasteiger partial charge on any atom is -0.103 e. The van der Waals surface area contributed by atoms with Gasteiger partial charge in [0.25, 0.3) is 0 Å². The maximum atomic E-state index is 4.00.